The third-order valence-electron chi connectivity index (χ3n) is 4.01. The Bertz CT molecular complexity index is 309. The first kappa shape index (κ1) is 12.1. The second kappa shape index (κ2) is 4.89. The van der Waals surface area contributed by atoms with Gasteiger partial charge in [-0.15, -0.1) is 11.3 Å². The van der Waals surface area contributed by atoms with Crippen LogP contribution in [0.25, 0.3) is 0 Å². The zero-order chi connectivity index (χ0) is 11.6. The molecule has 1 nitrogen and oxygen atoms in total. The molecular formula is C14H23NS. The minimum atomic E-state index is 0.457. The first-order chi connectivity index (χ1) is 7.68. The fourth-order valence-electron chi connectivity index (χ4n) is 2.79. The predicted octanol–water partition coefficient (Wildman–Crippen LogP) is 3.66. The van der Waals surface area contributed by atoms with Gasteiger partial charge in [0.15, 0.2) is 0 Å². The van der Waals surface area contributed by atoms with Crippen molar-refractivity contribution in [3.8, 4) is 0 Å². The smallest absolute Gasteiger partial charge is 0.0177 e. The van der Waals surface area contributed by atoms with Crippen LogP contribution in [-0.2, 0) is 5.41 Å². The minimum Gasteiger partial charge on any atom is -0.316 e. The first-order valence-electron chi connectivity index (χ1n) is 6.42. The van der Waals surface area contributed by atoms with E-state index >= 15 is 0 Å². The van der Waals surface area contributed by atoms with Gasteiger partial charge in [0, 0.05) is 16.8 Å². The van der Waals surface area contributed by atoms with Crippen molar-refractivity contribution in [1.29, 1.82) is 0 Å². The summed E-state index contributed by atoms with van der Waals surface area (Å²) in [5.74, 6) is 1.77. The molecule has 1 aromatic rings. The molecule has 1 aromatic heterocycles. The van der Waals surface area contributed by atoms with Gasteiger partial charge >= 0.3 is 0 Å². The molecule has 1 fully saturated rings. The zero-order valence-corrected chi connectivity index (χ0v) is 11.4. The Kier molecular flexibility index (Phi) is 3.70. The van der Waals surface area contributed by atoms with Gasteiger partial charge in [-0.25, -0.2) is 0 Å². The van der Waals surface area contributed by atoms with Gasteiger partial charge in [-0.05, 0) is 42.7 Å². The molecule has 0 atom stereocenters. The molecule has 0 aliphatic heterocycles. The van der Waals surface area contributed by atoms with Gasteiger partial charge in [-0.3, -0.25) is 0 Å². The van der Waals surface area contributed by atoms with Crippen molar-refractivity contribution in [2.24, 2.45) is 11.8 Å². The van der Waals surface area contributed by atoms with Crippen molar-refractivity contribution in [3.05, 3.63) is 22.4 Å². The molecule has 0 amide bonds. The van der Waals surface area contributed by atoms with Gasteiger partial charge in [0.1, 0.15) is 0 Å². The highest BCUT2D eigenvalue weighted by atomic mass is 32.1. The lowest BCUT2D eigenvalue weighted by molar-refractivity contribution is 0.101. The Labute approximate surface area is 103 Å². The average molecular weight is 237 g/mol. The van der Waals surface area contributed by atoms with Crippen LogP contribution in [-0.4, -0.2) is 13.1 Å². The summed E-state index contributed by atoms with van der Waals surface area (Å²) in [4.78, 5) is 1.59. The van der Waals surface area contributed by atoms with E-state index in [4.69, 9.17) is 0 Å². The molecule has 2 rings (SSSR count). The van der Waals surface area contributed by atoms with E-state index in [2.05, 4.69) is 43.6 Å². The molecule has 0 radical (unpaired) electrons. The molecule has 1 aliphatic carbocycles. The lowest BCUT2D eigenvalue weighted by atomic mass is 9.58. The minimum absolute atomic E-state index is 0.457. The average Bonchev–Trinajstić information content (AvgIpc) is 2.69. The topological polar surface area (TPSA) is 12.0 Å². The molecule has 1 aliphatic rings. The summed E-state index contributed by atoms with van der Waals surface area (Å²) >= 11 is 1.93. The third-order valence-corrected chi connectivity index (χ3v) is 5.12. The summed E-state index contributed by atoms with van der Waals surface area (Å²) in [6.45, 7) is 9.15. The molecule has 0 aromatic carbocycles. The van der Waals surface area contributed by atoms with Crippen LogP contribution in [0.5, 0.6) is 0 Å². The van der Waals surface area contributed by atoms with Crippen LogP contribution in [0.1, 0.15) is 38.5 Å². The maximum Gasteiger partial charge on any atom is 0.0177 e. The first-order valence-corrected chi connectivity index (χ1v) is 7.30. The van der Waals surface area contributed by atoms with Crippen molar-refractivity contribution in [2.75, 3.05) is 13.1 Å². The van der Waals surface area contributed by atoms with Crippen LogP contribution in [0.15, 0.2) is 17.5 Å². The van der Waals surface area contributed by atoms with Gasteiger partial charge in [-0.1, -0.05) is 26.8 Å². The summed E-state index contributed by atoms with van der Waals surface area (Å²) < 4.78 is 0. The molecule has 1 N–H and O–H groups in total. The highest BCUT2D eigenvalue weighted by Gasteiger charge is 2.46. The van der Waals surface area contributed by atoms with Gasteiger partial charge in [0.25, 0.3) is 0 Å². The predicted molar refractivity (Wildman–Crippen MR) is 72.1 cm³/mol. The number of rotatable bonds is 5. The normalized spacial score (nSPS) is 29.4. The Morgan fingerprint density at radius 3 is 2.75 bits per heavy atom. The van der Waals surface area contributed by atoms with E-state index in [1.807, 2.05) is 11.3 Å². The summed E-state index contributed by atoms with van der Waals surface area (Å²) in [6, 6.07) is 4.51. The Morgan fingerprint density at radius 2 is 2.25 bits per heavy atom. The van der Waals surface area contributed by atoms with Crippen LogP contribution in [0.3, 0.4) is 0 Å². The zero-order valence-electron chi connectivity index (χ0n) is 10.6. The van der Waals surface area contributed by atoms with Gasteiger partial charge in [0.05, 0.1) is 0 Å². The van der Waals surface area contributed by atoms with Crippen molar-refractivity contribution in [1.82, 2.24) is 5.32 Å². The SMILES string of the molecule is CCNCC1(c2cccs2)CC(C(C)C)C1. The largest absolute Gasteiger partial charge is 0.316 e. The van der Waals surface area contributed by atoms with E-state index in [1.54, 1.807) is 4.88 Å². The summed E-state index contributed by atoms with van der Waals surface area (Å²) in [7, 11) is 0. The molecule has 2 heteroatoms. The number of thiophene rings is 1. The van der Waals surface area contributed by atoms with E-state index in [-0.39, 0.29) is 0 Å². The van der Waals surface area contributed by atoms with E-state index in [1.165, 1.54) is 12.8 Å². The molecule has 16 heavy (non-hydrogen) atoms. The lowest BCUT2D eigenvalue weighted by Crippen LogP contribution is -2.49. The number of hydrogen-bond acceptors (Lipinski definition) is 2. The lowest BCUT2D eigenvalue weighted by Gasteiger charge is -2.49. The molecule has 0 unspecified atom stereocenters. The van der Waals surface area contributed by atoms with Crippen LogP contribution in [0, 0.1) is 11.8 Å². The van der Waals surface area contributed by atoms with Crippen LogP contribution < -0.4 is 5.32 Å². The van der Waals surface area contributed by atoms with Crippen LogP contribution >= 0.6 is 11.3 Å². The molecule has 0 spiro atoms. The maximum atomic E-state index is 3.55. The van der Waals surface area contributed by atoms with Crippen LogP contribution in [0.2, 0.25) is 0 Å². The van der Waals surface area contributed by atoms with E-state index in [0.29, 0.717) is 5.41 Å². The van der Waals surface area contributed by atoms with E-state index in [0.717, 1.165) is 24.9 Å². The Hall–Kier alpha value is -0.340. The monoisotopic (exact) mass is 237 g/mol. The molecule has 90 valence electrons. The van der Waals surface area contributed by atoms with Crippen molar-refractivity contribution >= 4 is 11.3 Å². The van der Waals surface area contributed by atoms with E-state index in [9.17, 15) is 0 Å². The number of likely N-dealkylation sites (N-methyl/N-ethyl adjacent to an activating group) is 1. The molecule has 0 bridgehead atoms. The van der Waals surface area contributed by atoms with Gasteiger partial charge in [0.2, 0.25) is 0 Å². The fraction of sp³-hybridized carbons (Fsp3) is 0.714. The second-order valence-corrected chi connectivity index (χ2v) is 6.40. The third kappa shape index (κ3) is 2.18. The quantitative estimate of drug-likeness (QED) is 0.824. The molecule has 1 saturated carbocycles. The fourth-order valence-corrected chi connectivity index (χ4v) is 3.74. The highest BCUT2D eigenvalue weighted by Crippen LogP contribution is 2.51. The maximum absolute atomic E-state index is 3.55. The van der Waals surface area contributed by atoms with Crippen molar-refractivity contribution < 1.29 is 0 Å². The summed E-state index contributed by atoms with van der Waals surface area (Å²) in [5, 5.41) is 5.76. The van der Waals surface area contributed by atoms with E-state index < -0.39 is 0 Å². The number of hydrogen-bond donors (Lipinski definition) is 1. The van der Waals surface area contributed by atoms with Gasteiger partial charge < -0.3 is 5.32 Å². The second-order valence-electron chi connectivity index (χ2n) is 5.45. The van der Waals surface area contributed by atoms with Gasteiger partial charge in [-0.2, -0.15) is 0 Å². The molecule has 1 heterocycles. The number of nitrogens with one attached hydrogen (secondary N) is 1. The van der Waals surface area contributed by atoms with Crippen molar-refractivity contribution in [2.45, 2.75) is 39.0 Å². The van der Waals surface area contributed by atoms with Crippen molar-refractivity contribution in [3.63, 3.8) is 0 Å². The Morgan fingerprint density at radius 1 is 1.50 bits per heavy atom. The van der Waals surface area contributed by atoms with Crippen LogP contribution in [0.4, 0.5) is 0 Å². The highest BCUT2D eigenvalue weighted by molar-refractivity contribution is 7.10. The molecular weight excluding hydrogens is 214 g/mol. The summed E-state index contributed by atoms with van der Waals surface area (Å²) in [6.07, 6.45) is 2.75. The standard InChI is InChI=1S/C14H23NS/c1-4-15-10-14(13-6-5-7-16-13)8-12(9-14)11(2)3/h5-7,11-12,15H,4,8-10H2,1-3H3. The summed E-state index contributed by atoms with van der Waals surface area (Å²) in [5.41, 5.74) is 0.457. The Balaban J connectivity index is 2.05. The molecule has 0 saturated heterocycles.